The van der Waals surface area contributed by atoms with Gasteiger partial charge >= 0.3 is 0 Å². The molecule has 0 bridgehead atoms. The Bertz CT molecular complexity index is 408. The molecular formula is C17H29BrN2. The van der Waals surface area contributed by atoms with Gasteiger partial charge in [0.2, 0.25) is 0 Å². The van der Waals surface area contributed by atoms with E-state index < -0.39 is 0 Å². The molecule has 0 aromatic heterocycles. The molecule has 2 N–H and O–H groups in total. The van der Waals surface area contributed by atoms with Crippen molar-refractivity contribution in [3.8, 4) is 0 Å². The Kier molecular flexibility index (Phi) is 6.24. The summed E-state index contributed by atoms with van der Waals surface area (Å²) in [5.41, 5.74) is 7.94. The van der Waals surface area contributed by atoms with Crippen molar-refractivity contribution in [2.75, 3.05) is 7.05 Å². The number of halogens is 1. The van der Waals surface area contributed by atoms with Crippen LogP contribution in [0, 0.1) is 5.41 Å². The number of likely N-dealkylation sites (N-methyl/N-ethyl adjacent to an activating group) is 1. The molecule has 0 radical (unpaired) electrons. The predicted molar refractivity (Wildman–Crippen MR) is 91.8 cm³/mol. The van der Waals surface area contributed by atoms with E-state index in [1.165, 1.54) is 5.56 Å². The third-order valence-corrected chi connectivity index (χ3v) is 4.92. The first-order chi connectivity index (χ1) is 9.18. The van der Waals surface area contributed by atoms with Crippen LogP contribution >= 0.6 is 15.9 Å². The standard InChI is InChI=1S/C17H29BrN2/c1-7-15(19)16(13-8-10-14(18)11-9-13)20(6)12(2)17(3,4)5/h8-12,15-16H,7,19H2,1-6H3. The van der Waals surface area contributed by atoms with E-state index in [0.717, 1.165) is 10.9 Å². The second-order valence-corrected chi connectivity index (χ2v) is 7.69. The van der Waals surface area contributed by atoms with Crippen molar-refractivity contribution in [3.05, 3.63) is 34.3 Å². The summed E-state index contributed by atoms with van der Waals surface area (Å²) < 4.78 is 1.11. The quantitative estimate of drug-likeness (QED) is 0.848. The number of benzene rings is 1. The smallest absolute Gasteiger partial charge is 0.0499 e. The molecule has 20 heavy (non-hydrogen) atoms. The van der Waals surface area contributed by atoms with Gasteiger partial charge < -0.3 is 5.73 Å². The molecule has 0 fully saturated rings. The number of nitrogens with zero attached hydrogens (tertiary/aromatic N) is 1. The molecule has 114 valence electrons. The lowest BCUT2D eigenvalue weighted by atomic mass is 9.84. The fraction of sp³-hybridized carbons (Fsp3) is 0.647. The molecule has 1 rings (SSSR count). The van der Waals surface area contributed by atoms with E-state index in [4.69, 9.17) is 5.73 Å². The zero-order chi connectivity index (χ0) is 15.5. The van der Waals surface area contributed by atoms with Crippen LogP contribution in [0.3, 0.4) is 0 Å². The van der Waals surface area contributed by atoms with Crippen LogP contribution in [0.5, 0.6) is 0 Å². The van der Waals surface area contributed by atoms with Crippen molar-refractivity contribution < 1.29 is 0 Å². The Morgan fingerprint density at radius 3 is 2.10 bits per heavy atom. The van der Waals surface area contributed by atoms with Gasteiger partial charge in [-0.05, 0) is 43.5 Å². The first-order valence-electron chi connectivity index (χ1n) is 7.41. The van der Waals surface area contributed by atoms with Gasteiger partial charge in [-0.15, -0.1) is 0 Å². The minimum Gasteiger partial charge on any atom is -0.326 e. The fourth-order valence-corrected chi connectivity index (χ4v) is 2.78. The first kappa shape index (κ1) is 17.7. The monoisotopic (exact) mass is 340 g/mol. The van der Waals surface area contributed by atoms with E-state index in [1.54, 1.807) is 0 Å². The number of hydrogen-bond donors (Lipinski definition) is 1. The van der Waals surface area contributed by atoms with Gasteiger partial charge in [0.05, 0.1) is 0 Å². The van der Waals surface area contributed by atoms with Crippen molar-refractivity contribution in [3.63, 3.8) is 0 Å². The van der Waals surface area contributed by atoms with Crippen molar-refractivity contribution in [2.24, 2.45) is 11.1 Å². The molecule has 3 atom stereocenters. The Morgan fingerprint density at radius 1 is 1.20 bits per heavy atom. The molecule has 0 saturated heterocycles. The van der Waals surface area contributed by atoms with Gasteiger partial charge in [0.1, 0.15) is 0 Å². The highest BCUT2D eigenvalue weighted by molar-refractivity contribution is 9.10. The SMILES string of the molecule is CCC(N)C(c1ccc(Br)cc1)N(C)C(C)C(C)(C)C. The molecule has 2 nitrogen and oxygen atoms in total. The summed E-state index contributed by atoms with van der Waals surface area (Å²) in [4.78, 5) is 2.43. The van der Waals surface area contributed by atoms with Crippen LogP contribution in [0.25, 0.3) is 0 Å². The highest BCUT2D eigenvalue weighted by Gasteiger charge is 2.31. The summed E-state index contributed by atoms with van der Waals surface area (Å²) in [5, 5.41) is 0. The van der Waals surface area contributed by atoms with Crippen molar-refractivity contribution in [2.45, 2.75) is 59.2 Å². The van der Waals surface area contributed by atoms with E-state index in [9.17, 15) is 0 Å². The molecule has 0 aliphatic rings. The van der Waals surface area contributed by atoms with E-state index >= 15 is 0 Å². The maximum absolute atomic E-state index is 6.42. The van der Waals surface area contributed by atoms with Crippen LogP contribution in [0.4, 0.5) is 0 Å². The van der Waals surface area contributed by atoms with Gasteiger partial charge in [-0.2, -0.15) is 0 Å². The normalized spacial score (nSPS) is 17.1. The molecule has 3 heteroatoms. The maximum Gasteiger partial charge on any atom is 0.0499 e. The maximum atomic E-state index is 6.42. The highest BCUT2D eigenvalue weighted by atomic mass is 79.9. The summed E-state index contributed by atoms with van der Waals surface area (Å²) >= 11 is 3.50. The number of nitrogens with two attached hydrogens (primary N) is 1. The Balaban J connectivity index is 3.10. The Morgan fingerprint density at radius 2 is 1.70 bits per heavy atom. The van der Waals surface area contributed by atoms with Crippen molar-refractivity contribution in [1.82, 2.24) is 4.90 Å². The summed E-state index contributed by atoms with van der Waals surface area (Å²) in [7, 11) is 2.19. The van der Waals surface area contributed by atoms with E-state index in [-0.39, 0.29) is 17.5 Å². The van der Waals surface area contributed by atoms with E-state index in [0.29, 0.717) is 6.04 Å². The summed E-state index contributed by atoms with van der Waals surface area (Å²) in [6.07, 6.45) is 0.974. The van der Waals surface area contributed by atoms with Crippen molar-refractivity contribution >= 4 is 15.9 Å². The summed E-state index contributed by atoms with van der Waals surface area (Å²) in [5.74, 6) is 0. The minimum absolute atomic E-state index is 0.144. The van der Waals surface area contributed by atoms with Gasteiger partial charge in [0.15, 0.2) is 0 Å². The van der Waals surface area contributed by atoms with Gasteiger partial charge in [-0.25, -0.2) is 0 Å². The van der Waals surface area contributed by atoms with E-state index in [1.807, 2.05) is 0 Å². The topological polar surface area (TPSA) is 29.3 Å². The zero-order valence-corrected chi connectivity index (χ0v) is 15.2. The van der Waals surface area contributed by atoms with Crippen LogP contribution in [-0.2, 0) is 0 Å². The number of rotatable bonds is 5. The van der Waals surface area contributed by atoms with Gasteiger partial charge in [0, 0.05) is 22.6 Å². The largest absolute Gasteiger partial charge is 0.326 e. The molecule has 1 aromatic rings. The second-order valence-electron chi connectivity index (χ2n) is 6.78. The average molecular weight is 341 g/mol. The molecule has 0 aliphatic heterocycles. The molecule has 0 aliphatic carbocycles. The van der Waals surface area contributed by atoms with Crippen LogP contribution in [-0.4, -0.2) is 24.0 Å². The fourth-order valence-electron chi connectivity index (χ4n) is 2.52. The van der Waals surface area contributed by atoms with Crippen molar-refractivity contribution in [1.29, 1.82) is 0 Å². The van der Waals surface area contributed by atoms with Crippen LogP contribution in [0.15, 0.2) is 28.7 Å². The third kappa shape index (κ3) is 4.31. The Labute approximate surface area is 132 Å². The lowest BCUT2D eigenvalue weighted by Gasteiger charge is -2.42. The predicted octanol–water partition coefficient (Wildman–Crippen LogP) is 4.59. The van der Waals surface area contributed by atoms with Crippen LogP contribution in [0.1, 0.15) is 52.6 Å². The van der Waals surface area contributed by atoms with Crippen LogP contribution < -0.4 is 5.73 Å². The highest BCUT2D eigenvalue weighted by Crippen LogP contribution is 2.32. The Hall–Kier alpha value is -0.380. The number of hydrogen-bond acceptors (Lipinski definition) is 2. The van der Waals surface area contributed by atoms with Crippen LogP contribution in [0.2, 0.25) is 0 Å². The molecule has 1 aromatic carbocycles. The molecule has 3 unspecified atom stereocenters. The van der Waals surface area contributed by atoms with E-state index in [2.05, 4.69) is 86.8 Å². The summed E-state index contributed by atoms with van der Waals surface area (Å²) in [6.45, 7) is 11.3. The van der Waals surface area contributed by atoms with Gasteiger partial charge in [0.25, 0.3) is 0 Å². The summed E-state index contributed by atoms with van der Waals surface area (Å²) in [6, 6.07) is 9.40. The molecule has 0 saturated carbocycles. The van der Waals surface area contributed by atoms with Gasteiger partial charge in [-0.3, -0.25) is 4.90 Å². The molecule has 0 heterocycles. The minimum atomic E-state index is 0.144. The first-order valence-corrected chi connectivity index (χ1v) is 8.20. The van der Waals surface area contributed by atoms with Gasteiger partial charge in [-0.1, -0.05) is 55.8 Å². The molecule has 0 spiro atoms. The lowest BCUT2D eigenvalue weighted by molar-refractivity contribution is 0.0831. The third-order valence-electron chi connectivity index (χ3n) is 4.39. The molecule has 0 amide bonds. The second kappa shape index (κ2) is 7.06. The lowest BCUT2D eigenvalue weighted by Crippen LogP contribution is -2.47. The molecular weight excluding hydrogens is 312 g/mol. The average Bonchev–Trinajstić information content (AvgIpc) is 2.38. The zero-order valence-electron chi connectivity index (χ0n) is 13.7.